The largest absolute Gasteiger partial charge is 0.204 e. The van der Waals surface area contributed by atoms with Gasteiger partial charge in [0, 0.05) is 10.8 Å². The second kappa shape index (κ2) is 7.13. The van der Waals surface area contributed by atoms with Crippen LogP contribution < -0.4 is 0 Å². The van der Waals surface area contributed by atoms with Gasteiger partial charge in [0.1, 0.15) is 0 Å². The van der Waals surface area contributed by atoms with Gasteiger partial charge in [-0.15, -0.1) is 23.4 Å². The Morgan fingerprint density at radius 1 is 1.25 bits per heavy atom. The summed E-state index contributed by atoms with van der Waals surface area (Å²) in [6.07, 6.45) is 2.04. The molecule has 1 aromatic rings. The van der Waals surface area contributed by atoms with E-state index in [1.54, 1.807) is 17.8 Å². The van der Waals surface area contributed by atoms with E-state index in [4.69, 9.17) is 11.6 Å². The highest BCUT2D eigenvalue weighted by Gasteiger charge is 2.04. The lowest BCUT2D eigenvalue weighted by Crippen LogP contribution is -1.97. The molecule has 4 heteroatoms. The van der Waals surface area contributed by atoms with Gasteiger partial charge < -0.3 is 0 Å². The van der Waals surface area contributed by atoms with E-state index in [0.717, 1.165) is 23.5 Å². The zero-order valence-corrected chi connectivity index (χ0v) is 10.8. The van der Waals surface area contributed by atoms with Gasteiger partial charge in [-0.05, 0) is 42.7 Å². The van der Waals surface area contributed by atoms with Crippen LogP contribution in [0.4, 0.5) is 8.78 Å². The SMILES string of the molecule is CC(CCCl)CCSc1ccc(F)c(F)c1. The van der Waals surface area contributed by atoms with Gasteiger partial charge in [-0.25, -0.2) is 8.78 Å². The molecule has 0 saturated heterocycles. The van der Waals surface area contributed by atoms with Crippen LogP contribution in [0.15, 0.2) is 23.1 Å². The van der Waals surface area contributed by atoms with Crippen LogP contribution in [0, 0.1) is 17.6 Å². The van der Waals surface area contributed by atoms with Gasteiger partial charge in [-0.2, -0.15) is 0 Å². The Kier molecular flexibility index (Phi) is 6.14. The second-order valence-electron chi connectivity index (χ2n) is 3.80. The summed E-state index contributed by atoms with van der Waals surface area (Å²) in [5, 5.41) is 0. The molecule has 0 radical (unpaired) electrons. The molecule has 1 unspecified atom stereocenters. The van der Waals surface area contributed by atoms with Crippen molar-refractivity contribution in [1.82, 2.24) is 0 Å². The van der Waals surface area contributed by atoms with Gasteiger partial charge in [0.25, 0.3) is 0 Å². The van der Waals surface area contributed by atoms with Gasteiger partial charge in [0.2, 0.25) is 0 Å². The van der Waals surface area contributed by atoms with Crippen molar-refractivity contribution in [3.05, 3.63) is 29.8 Å². The third kappa shape index (κ3) is 4.71. The fraction of sp³-hybridized carbons (Fsp3) is 0.500. The Bertz CT molecular complexity index is 331. The molecule has 0 aliphatic heterocycles. The summed E-state index contributed by atoms with van der Waals surface area (Å²) < 4.78 is 25.5. The predicted molar refractivity (Wildman–Crippen MR) is 66.2 cm³/mol. The first kappa shape index (κ1) is 13.8. The topological polar surface area (TPSA) is 0 Å². The van der Waals surface area contributed by atoms with Gasteiger partial charge in [0.05, 0.1) is 0 Å². The van der Waals surface area contributed by atoms with Crippen molar-refractivity contribution < 1.29 is 8.78 Å². The third-order valence-electron chi connectivity index (χ3n) is 2.37. The number of hydrogen-bond donors (Lipinski definition) is 0. The Balaban J connectivity index is 2.34. The predicted octanol–water partition coefficient (Wildman–Crippen LogP) is 4.71. The van der Waals surface area contributed by atoms with Crippen molar-refractivity contribution in [3.63, 3.8) is 0 Å². The maximum Gasteiger partial charge on any atom is 0.159 e. The lowest BCUT2D eigenvalue weighted by Gasteiger charge is -2.08. The highest BCUT2D eigenvalue weighted by molar-refractivity contribution is 7.99. The molecule has 0 aliphatic carbocycles. The first-order valence-corrected chi connectivity index (χ1v) is 6.79. The minimum Gasteiger partial charge on any atom is -0.204 e. The minimum atomic E-state index is -0.792. The number of hydrogen-bond acceptors (Lipinski definition) is 1. The van der Waals surface area contributed by atoms with E-state index in [1.165, 1.54) is 12.1 Å². The summed E-state index contributed by atoms with van der Waals surface area (Å²) in [5.41, 5.74) is 0. The number of rotatable bonds is 6. The molecule has 0 aliphatic rings. The maximum atomic E-state index is 12.9. The van der Waals surface area contributed by atoms with Crippen LogP contribution in [0.25, 0.3) is 0 Å². The molecule has 0 heterocycles. The van der Waals surface area contributed by atoms with Crippen molar-refractivity contribution in [2.45, 2.75) is 24.7 Å². The molecular weight excluding hydrogens is 250 g/mol. The molecule has 90 valence electrons. The average molecular weight is 265 g/mol. The monoisotopic (exact) mass is 264 g/mol. The van der Waals surface area contributed by atoms with Crippen molar-refractivity contribution in [2.24, 2.45) is 5.92 Å². The van der Waals surface area contributed by atoms with Crippen LogP contribution in [-0.2, 0) is 0 Å². The first-order chi connectivity index (χ1) is 7.63. The second-order valence-corrected chi connectivity index (χ2v) is 5.34. The maximum absolute atomic E-state index is 12.9. The molecule has 0 fully saturated rings. The van der Waals surface area contributed by atoms with Crippen molar-refractivity contribution in [2.75, 3.05) is 11.6 Å². The van der Waals surface area contributed by atoms with Gasteiger partial charge >= 0.3 is 0 Å². The van der Waals surface area contributed by atoms with Crippen LogP contribution >= 0.6 is 23.4 Å². The Hall–Kier alpha value is -0.280. The smallest absolute Gasteiger partial charge is 0.159 e. The van der Waals surface area contributed by atoms with Gasteiger partial charge in [0.15, 0.2) is 11.6 Å². The number of benzene rings is 1. The molecule has 0 N–H and O–H groups in total. The van der Waals surface area contributed by atoms with E-state index in [0.29, 0.717) is 11.8 Å². The van der Waals surface area contributed by atoms with Crippen LogP contribution in [0.1, 0.15) is 19.8 Å². The molecule has 0 aromatic heterocycles. The van der Waals surface area contributed by atoms with Crippen LogP contribution in [0.2, 0.25) is 0 Å². The molecule has 0 nitrogen and oxygen atoms in total. The molecule has 0 spiro atoms. The average Bonchev–Trinajstić information content (AvgIpc) is 2.24. The number of halogens is 3. The summed E-state index contributed by atoms with van der Waals surface area (Å²) in [7, 11) is 0. The first-order valence-electron chi connectivity index (χ1n) is 5.27. The number of thioether (sulfide) groups is 1. The Morgan fingerprint density at radius 2 is 2.00 bits per heavy atom. The van der Waals surface area contributed by atoms with E-state index < -0.39 is 11.6 Å². The summed E-state index contributed by atoms with van der Waals surface area (Å²) in [6, 6.07) is 4.02. The summed E-state index contributed by atoms with van der Waals surface area (Å²) in [5.74, 6) is 0.592. The molecule has 0 saturated carbocycles. The lowest BCUT2D eigenvalue weighted by molar-refractivity contribution is 0.506. The summed E-state index contributed by atoms with van der Waals surface area (Å²) >= 11 is 7.18. The number of alkyl halides is 1. The fourth-order valence-corrected chi connectivity index (χ4v) is 2.75. The third-order valence-corrected chi connectivity index (χ3v) is 3.62. The van der Waals surface area contributed by atoms with Crippen LogP contribution in [0.3, 0.4) is 0 Å². The highest BCUT2D eigenvalue weighted by Crippen LogP contribution is 2.23. The van der Waals surface area contributed by atoms with Crippen LogP contribution in [0.5, 0.6) is 0 Å². The summed E-state index contributed by atoms with van der Waals surface area (Å²) in [4.78, 5) is 0.775. The molecule has 0 bridgehead atoms. The van der Waals surface area contributed by atoms with Crippen LogP contribution in [-0.4, -0.2) is 11.6 Å². The molecule has 16 heavy (non-hydrogen) atoms. The normalized spacial score (nSPS) is 12.8. The van der Waals surface area contributed by atoms with E-state index in [2.05, 4.69) is 6.92 Å². The van der Waals surface area contributed by atoms with E-state index in [1.807, 2.05) is 0 Å². The highest BCUT2D eigenvalue weighted by atomic mass is 35.5. The zero-order chi connectivity index (χ0) is 12.0. The van der Waals surface area contributed by atoms with Crippen molar-refractivity contribution in [1.29, 1.82) is 0 Å². The Morgan fingerprint density at radius 3 is 2.62 bits per heavy atom. The quantitative estimate of drug-likeness (QED) is 0.530. The van der Waals surface area contributed by atoms with E-state index in [-0.39, 0.29) is 0 Å². The van der Waals surface area contributed by atoms with E-state index in [9.17, 15) is 8.78 Å². The molecule has 0 amide bonds. The minimum absolute atomic E-state index is 0.579. The Labute approximate surface area is 104 Å². The van der Waals surface area contributed by atoms with Gasteiger partial charge in [-0.1, -0.05) is 6.92 Å². The van der Waals surface area contributed by atoms with E-state index >= 15 is 0 Å². The summed E-state index contributed by atoms with van der Waals surface area (Å²) in [6.45, 7) is 2.15. The molecule has 1 atom stereocenters. The van der Waals surface area contributed by atoms with Gasteiger partial charge in [-0.3, -0.25) is 0 Å². The van der Waals surface area contributed by atoms with Crippen molar-refractivity contribution in [3.8, 4) is 0 Å². The standard InChI is InChI=1S/C12H15ClF2S/c1-9(4-6-13)5-7-16-10-2-3-11(14)12(15)8-10/h2-3,8-9H,4-7H2,1H3. The fourth-order valence-electron chi connectivity index (χ4n) is 1.28. The molecular formula is C12H15ClF2S. The molecule has 1 rings (SSSR count). The lowest BCUT2D eigenvalue weighted by atomic mass is 10.1. The van der Waals surface area contributed by atoms with Crippen molar-refractivity contribution >= 4 is 23.4 Å². The molecule has 1 aromatic carbocycles. The zero-order valence-electron chi connectivity index (χ0n) is 9.18.